The topological polar surface area (TPSA) is 70.2 Å². The van der Waals surface area contributed by atoms with Crippen LogP contribution in [0.4, 0.5) is 11.6 Å². The van der Waals surface area contributed by atoms with Gasteiger partial charge in [0.1, 0.15) is 0 Å². The molecule has 38 heavy (non-hydrogen) atoms. The van der Waals surface area contributed by atoms with E-state index >= 15 is 0 Å². The number of fused-ring (bicyclic) bond motifs is 1. The van der Waals surface area contributed by atoms with Crippen molar-refractivity contribution < 1.29 is 0 Å². The van der Waals surface area contributed by atoms with E-state index in [4.69, 9.17) is 35.3 Å². The normalized spacial score (nSPS) is 19.7. The fraction of sp³-hybridized carbons (Fsp3) is 0.586. The lowest BCUT2D eigenvalue weighted by Crippen LogP contribution is -2.55. The number of piperidine rings is 1. The summed E-state index contributed by atoms with van der Waals surface area (Å²) in [7, 11) is 1.69. The maximum absolute atomic E-state index is 5.17. The van der Waals surface area contributed by atoms with E-state index in [1.54, 1.807) is 7.05 Å². The van der Waals surface area contributed by atoms with Gasteiger partial charge < -0.3 is 5.32 Å². The summed E-state index contributed by atoms with van der Waals surface area (Å²) in [6.07, 6.45) is 9.16. The minimum atomic E-state index is -0.534. The van der Waals surface area contributed by atoms with Crippen LogP contribution in [0.5, 0.6) is 0 Å². The van der Waals surface area contributed by atoms with Gasteiger partial charge in [0, 0.05) is 49.4 Å². The summed E-state index contributed by atoms with van der Waals surface area (Å²) in [5.41, 5.74) is 6.57. The Morgan fingerprint density at radius 1 is 1.21 bits per heavy atom. The molecule has 0 spiro atoms. The van der Waals surface area contributed by atoms with Gasteiger partial charge in [-0.25, -0.2) is 9.50 Å². The van der Waals surface area contributed by atoms with E-state index in [0.717, 1.165) is 65.9 Å². The Kier molecular flexibility index (Phi) is 7.82. The Labute approximate surface area is 237 Å². The maximum atomic E-state index is 5.17. The van der Waals surface area contributed by atoms with Crippen LogP contribution in [0.3, 0.4) is 0 Å². The molecule has 1 aromatic carbocycles. The van der Waals surface area contributed by atoms with Gasteiger partial charge in [0.15, 0.2) is 0 Å². The number of benzene rings is 1. The van der Waals surface area contributed by atoms with Gasteiger partial charge in [-0.1, -0.05) is 13.0 Å². The highest BCUT2D eigenvalue weighted by Gasteiger charge is 2.39. The van der Waals surface area contributed by atoms with Crippen LogP contribution in [0, 0.1) is 6.92 Å². The van der Waals surface area contributed by atoms with Gasteiger partial charge in [-0.05, 0) is 88.6 Å². The van der Waals surface area contributed by atoms with Gasteiger partial charge in [0.05, 0.1) is 21.0 Å². The Bertz CT molecular complexity index is 1310. The Balaban J connectivity index is 1.49. The summed E-state index contributed by atoms with van der Waals surface area (Å²) in [6.45, 7) is 11.0. The third-order valence-corrected chi connectivity index (χ3v) is 9.30. The molecule has 5 rings (SSSR count). The molecule has 1 saturated heterocycles. The molecule has 7 nitrogen and oxygen atoms in total. The fourth-order valence-electron chi connectivity index (χ4n) is 6.22. The van der Waals surface area contributed by atoms with Crippen molar-refractivity contribution in [1.29, 1.82) is 0 Å². The number of thiol groups is 2. The largest absolute Gasteiger partial charge is 0.350 e. The number of aryl methyl sites for hydroxylation is 1. The van der Waals surface area contributed by atoms with Crippen LogP contribution in [0.25, 0.3) is 16.6 Å². The fourth-order valence-corrected chi connectivity index (χ4v) is 6.83. The van der Waals surface area contributed by atoms with Crippen molar-refractivity contribution in [3.8, 4) is 11.1 Å². The molecule has 1 N–H and O–H groups in total. The first-order valence-corrected chi connectivity index (χ1v) is 14.8. The lowest BCUT2D eigenvalue weighted by Gasteiger charge is -2.50. The zero-order chi connectivity index (χ0) is 27.1. The molecule has 1 saturated carbocycles. The van der Waals surface area contributed by atoms with Gasteiger partial charge in [-0.15, -0.1) is 5.10 Å². The average molecular weight is 552 g/mol. The molecule has 1 aliphatic heterocycles. The van der Waals surface area contributed by atoms with E-state index in [1.165, 1.54) is 19.3 Å². The van der Waals surface area contributed by atoms with Crippen LogP contribution in [0.1, 0.15) is 76.5 Å². The van der Waals surface area contributed by atoms with Crippen LogP contribution >= 0.6 is 25.3 Å². The van der Waals surface area contributed by atoms with Crippen LogP contribution in [0.15, 0.2) is 40.7 Å². The molecule has 2 aromatic heterocycles. The number of anilines is 1. The lowest BCUT2D eigenvalue weighted by molar-refractivity contribution is 0.0152. The predicted octanol–water partition coefficient (Wildman–Crippen LogP) is 7.31. The second-order valence-corrected chi connectivity index (χ2v) is 13.7. The SMILES string of the molecule is CCC(c1nc(NC2CCN(C3(C)CCC3)CC2)nn2ccc(-c3ccc(N=NC)c(C)c3)c12)C(C)(S)S. The minimum Gasteiger partial charge on any atom is -0.350 e. The molecule has 2 fully saturated rings. The van der Waals surface area contributed by atoms with Crippen LogP contribution < -0.4 is 5.32 Å². The molecule has 1 atom stereocenters. The van der Waals surface area contributed by atoms with E-state index in [9.17, 15) is 0 Å². The van der Waals surface area contributed by atoms with Crippen LogP contribution in [0.2, 0.25) is 0 Å². The first kappa shape index (κ1) is 27.5. The Morgan fingerprint density at radius 2 is 1.95 bits per heavy atom. The number of rotatable bonds is 8. The highest BCUT2D eigenvalue weighted by atomic mass is 32.2. The first-order valence-electron chi connectivity index (χ1n) is 13.9. The zero-order valence-electron chi connectivity index (χ0n) is 23.3. The van der Waals surface area contributed by atoms with E-state index in [0.29, 0.717) is 17.5 Å². The van der Waals surface area contributed by atoms with Gasteiger partial charge in [-0.2, -0.15) is 35.5 Å². The monoisotopic (exact) mass is 551 g/mol. The molecule has 0 amide bonds. The molecule has 3 heterocycles. The third kappa shape index (κ3) is 5.34. The molecule has 1 unspecified atom stereocenters. The minimum absolute atomic E-state index is 0.0311. The van der Waals surface area contributed by atoms with Gasteiger partial charge in [-0.3, -0.25) is 4.90 Å². The second kappa shape index (κ2) is 10.8. The van der Waals surface area contributed by atoms with Crippen molar-refractivity contribution in [2.45, 2.75) is 87.8 Å². The molecular formula is C29H41N7S2. The van der Waals surface area contributed by atoms with E-state index in [1.807, 2.05) is 23.7 Å². The predicted molar refractivity (Wildman–Crippen MR) is 163 cm³/mol. The molecular weight excluding hydrogens is 511 g/mol. The number of azo groups is 1. The summed E-state index contributed by atoms with van der Waals surface area (Å²) in [5, 5.41) is 16.8. The standard InChI is InChI=1S/C29H41N7S2/c1-6-23(29(4,37)38)25-26-22(20-8-9-24(33-30-5)19(2)18-20)12-17-36(26)34-27(32-25)31-21-10-15-35(16-11-21)28(3)13-7-14-28/h8-9,12,17-18,21,23,37-38H,6-7,10-11,13-16H2,1-5H3,(H,31,34). The number of hydrogen-bond acceptors (Lipinski definition) is 8. The third-order valence-electron chi connectivity index (χ3n) is 8.67. The van der Waals surface area contributed by atoms with Crippen molar-refractivity contribution >= 4 is 42.4 Å². The highest BCUT2D eigenvalue weighted by molar-refractivity contribution is 8.00. The summed E-state index contributed by atoms with van der Waals surface area (Å²) in [6, 6.07) is 8.78. The summed E-state index contributed by atoms with van der Waals surface area (Å²) in [5.74, 6) is 0.714. The Morgan fingerprint density at radius 3 is 2.53 bits per heavy atom. The zero-order valence-corrected chi connectivity index (χ0v) is 25.1. The highest BCUT2D eigenvalue weighted by Crippen LogP contribution is 2.43. The number of nitrogens with one attached hydrogen (secondary N) is 1. The summed E-state index contributed by atoms with van der Waals surface area (Å²) < 4.78 is 1.45. The molecule has 0 radical (unpaired) electrons. The van der Waals surface area contributed by atoms with E-state index < -0.39 is 4.08 Å². The first-order chi connectivity index (χ1) is 18.1. The van der Waals surface area contributed by atoms with E-state index in [2.05, 4.69) is 59.4 Å². The van der Waals surface area contributed by atoms with Crippen molar-refractivity contribution in [3.63, 3.8) is 0 Å². The number of hydrogen-bond donors (Lipinski definition) is 3. The smallest absolute Gasteiger partial charge is 0.241 e. The lowest BCUT2D eigenvalue weighted by atomic mass is 9.76. The molecule has 3 aromatic rings. The maximum Gasteiger partial charge on any atom is 0.241 e. The van der Waals surface area contributed by atoms with Crippen LogP contribution in [-0.2, 0) is 0 Å². The van der Waals surface area contributed by atoms with Gasteiger partial charge in [0.2, 0.25) is 5.95 Å². The molecule has 0 bridgehead atoms. The molecule has 204 valence electrons. The van der Waals surface area contributed by atoms with Crippen molar-refractivity contribution in [1.82, 2.24) is 19.5 Å². The number of nitrogens with zero attached hydrogens (tertiary/aromatic N) is 6. The second-order valence-electron chi connectivity index (χ2n) is 11.5. The average Bonchev–Trinajstić information content (AvgIpc) is 3.28. The number of likely N-dealkylation sites (tertiary alicyclic amines) is 1. The van der Waals surface area contributed by atoms with Crippen LogP contribution in [-0.4, -0.2) is 55.3 Å². The summed E-state index contributed by atoms with van der Waals surface area (Å²) >= 11 is 9.77. The van der Waals surface area contributed by atoms with Gasteiger partial charge >= 0.3 is 0 Å². The molecule has 1 aliphatic carbocycles. The van der Waals surface area contributed by atoms with Gasteiger partial charge in [0.25, 0.3) is 0 Å². The van der Waals surface area contributed by atoms with Crippen molar-refractivity contribution in [2.75, 3.05) is 25.5 Å². The van der Waals surface area contributed by atoms with E-state index in [-0.39, 0.29) is 5.92 Å². The quantitative estimate of drug-likeness (QED) is 0.156. The molecule has 2 aliphatic rings. The molecule has 9 heteroatoms. The van der Waals surface area contributed by atoms with Crippen molar-refractivity contribution in [3.05, 3.63) is 41.7 Å². The van der Waals surface area contributed by atoms with Crippen molar-refractivity contribution in [2.24, 2.45) is 10.2 Å². The Hall–Kier alpha value is -2.10. The number of aromatic nitrogens is 3. The summed E-state index contributed by atoms with van der Waals surface area (Å²) in [4.78, 5) is 7.86.